The van der Waals surface area contributed by atoms with E-state index in [9.17, 15) is 10.1 Å². The van der Waals surface area contributed by atoms with Gasteiger partial charge in [-0.15, -0.1) is 0 Å². The van der Waals surface area contributed by atoms with Gasteiger partial charge in [0.05, 0.1) is 37.8 Å². The van der Waals surface area contributed by atoms with E-state index >= 15 is 0 Å². The first-order valence-corrected chi connectivity index (χ1v) is 8.02. The molecule has 7 heteroatoms. The van der Waals surface area contributed by atoms with Gasteiger partial charge in [-0.1, -0.05) is 6.07 Å². The maximum atomic E-state index is 12.4. The number of allylic oxidation sites excluding steroid dienone is 1. The summed E-state index contributed by atoms with van der Waals surface area (Å²) in [5.41, 5.74) is 1.06. The lowest BCUT2D eigenvalue weighted by Crippen LogP contribution is -2.11. The lowest BCUT2D eigenvalue weighted by molar-refractivity contribution is 0.355. The third kappa shape index (κ3) is 3.60. The van der Waals surface area contributed by atoms with E-state index in [-0.39, 0.29) is 17.0 Å². The summed E-state index contributed by atoms with van der Waals surface area (Å²) in [6.07, 6.45) is 1.62. The average Bonchev–Trinajstić information content (AvgIpc) is 2.71. The molecule has 0 unspecified atom stereocenters. The van der Waals surface area contributed by atoms with Crippen molar-refractivity contribution in [1.82, 2.24) is 9.97 Å². The van der Waals surface area contributed by atoms with Gasteiger partial charge in [0.2, 0.25) is 0 Å². The lowest BCUT2D eigenvalue weighted by atomic mass is 10.1. The monoisotopic (exact) mass is 363 g/mol. The van der Waals surface area contributed by atoms with E-state index in [0.29, 0.717) is 33.7 Å². The lowest BCUT2D eigenvalue weighted by Gasteiger charge is -2.08. The highest BCUT2D eigenvalue weighted by Crippen LogP contribution is 2.29. The van der Waals surface area contributed by atoms with Gasteiger partial charge < -0.3 is 19.2 Å². The van der Waals surface area contributed by atoms with Gasteiger partial charge in [0.15, 0.2) is 17.3 Å². The molecule has 0 bridgehead atoms. The van der Waals surface area contributed by atoms with Crippen molar-refractivity contribution < 1.29 is 14.2 Å². The number of aromatic nitrogens is 2. The van der Waals surface area contributed by atoms with Crippen LogP contribution in [0.15, 0.2) is 41.2 Å². The summed E-state index contributed by atoms with van der Waals surface area (Å²) in [6, 6.07) is 12.3. The maximum absolute atomic E-state index is 12.4. The average molecular weight is 363 g/mol. The fourth-order valence-electron chi connectivity index (χ4n) is 2.64. The topological polar surface area (TPSA) is 97.2 Å². The first-order valence-electron chi connectivity index (χ1n) is 8.02. The van der Waals surface area contributed by atoms with Gasteiger partial charge in [-0.05, 0) is 42.0 Å². The molecule has 136 valence electrons. The van der Waals surface area contributed by atoms with Crippen LogP contribution in [0.3, 0.4) is 0 Å². The molecular weight excluding hydrogens is 346 g/mol. The number of hydrogen-bond donors (Lipinski definition) is 1. The second kappa shape index (κ2) is 7.62. The molecule has 0 spiro atoms. The van der Waals surface area contributed by atoms with Crippen molar-refractivity contribution >= 4 is 22.6 Å². The number of methoxy groups -OCH3 is 3. The number of ether oxygens (including phenoxy) is 3. The molecule has 0 radical (unpaired) electrons. The van der Waals surface area contributed by atoms with Crippen LogP contribution in [0.4, 0.5) is 0 Å². The predicted octanol–water partition coefficient (Wildman–Crippen LogP) is 3.01. The van der Waals surface area contributed by atoms with Crippen LogP contribution in [-0.4, -0.2) is 31.3 Å². The fourth-order valence-corrected chi connectivity index (χ4v) is 2.64. The van der Waals surface area contributed by atoms with Crippen LogP contribution in [0.25, 0.3) is 22.6 Å². The SMILES string of the molecule is COc1ccc2nc(C(C#N)=Cc3ccc(OC)c(OC)c3)[nH]c(=O)c2c1. The van der Waals surface area contributed by atoms with Crippen LogP contribution < -0.4 is 19.8 Å². The Bertz CT molecular complexity index is 1130. The molecule has 1 aromatic heterocycles. The van der Waals surface area contributed by atoms with Gasteiger partial charge in [-0.25, -0.2) is 4.98 Å². The summed E-state index contributed by atoms with van der Waals surface area (Å²) in [5, 5.41) is 9.95. The predicted molar refractivity (Wildman–Crippen MR) is 102 cm³/mol. The number of H-pyrrole nitrogens is 1. The van der Waals surface area contributed by atoms with E-state index in [2.05, 4.69) is 16.0 Å². The summed E-state index contributed by atoms with van der Waals surface area (Å²) < 4.78 is 15.6. The molecule has 0 atom stereocenters. The van der Waals surface area contributed by atoms with E-state index in [0.717, 1.165) is 0 Å². The Labute approximate surface area is 155 Å². The zero-order valence-corrected chi connectivity index (χ0v) is 15.1. The van der Waals surface area contributed by atoms with Crippen molar-refractivity contribution in [2.45, 2.75) is 0 Å². The van der Waals surface area contributed by atoms with Gasteiger partial charge in [0.1, 0.15) is 11.8 Å². The number of nitrogens with zero attached hydrogens (tertiary/aromatic N) is 2. The smallest absolute Gasteiger partial charge is 0.259 e. The Balaban J connectivity index is 2.09. The zero-order valence-electron chi connectivity index (χ0n) is 15.1. The normalized spacial score (nSPS) is 11.1. The molecule has 0 aliphatic carbocycles. The number of hydrogen-bond acceptors (Lipinski definition) is 6. The number of rotatable bonds is 5. The molecule has 0 fully saturated rings. The number of aromatic amines is 1. The first-order chi connectivity index (χ1) is 13.1. The molecule has 3 rings (SSSR count). The molecule has 0 saturated carbocycles. The van der Waals surface area contributed by atoms with Crippen molar-refractivity contribution in [3.05, 3.63) is 58.1 Å². The zero-order chi connectivity index (χ0) is 19.4. The van der Waals surface area contributed by atoms with Crippen LogP contribution in [0.5, 0.6) is 17.2 Å². The Morgan fingerprint density at radius 1 is 1.07 bits per heavy atom. The number of benzene rings is 2. The molecular formula is C20H17N3O4. The maximum Gasteiger partial charge on any atom is 0.259 e. The second-order valence-corrected chi connectivity index (χ2v) is 5.58. The van der Waals surface area contributed by atoms with Crippen LogP contribution >= 0.6 is 0 Å². The second-order valence-electron chi connectivity index (χ2n) is 5.58. The van der Waals surface area contributed by atoms with Crippen LogP contribution in [0.1, 0.15) is 11.4 Å². The van der Waals surface area contributed by atoms with Crippen molar-refractivity contribution in [2.75, 3.05) is 21.3 Å². The third-order valence-corrected chi connectivity index (χ3v) is 4.01. The minimum absolute atomic E-state index is 0.190. The number of fused-ring (bicyclic) bond motifs is 1. The molecule has 0 aliphatic rings. The Morgan fingerprint density at radius 2 is 1.85 bits per heavy atom. The standard InChI is InChI=1S/C20H17N3O4/c1-25-14-5-6-16-15(10-14)20(24)23-19(22-16)13(11-21)8-12-4-7-17(26-2)18(9-12)27-3/h4-10H,1-3H3,(H,22,23,24). The molecule has 27 heavy (non-hydrogen) atoms. The number of nitrogens with one attached hydrogen (secondary N) is 1. The van der Waals surface area contributed by atoms with Crippen molar-refractivity contribution in [2.24, 2.45) is 0 Å². The van der Waals surface area contributed by atoms with Gasteiger partial charge in [0.25, 0.3) is 5.56 Å². The molecule has 1 N–H and O–H groups in total. The van der Waals surface area contributed by atoms with Gasteiger partial charge in [-0.3, -0.25) is 4.79 Å². The van der Waals surface area contributed by atoms with E-state index in [1.165, 1.54) is 14.2 Å². The summed E-state index contributed by atoms with van der Waals surface area (Å²) in [4.78, 5) is 19.5. The van der Waals surface area contributed by atoms with Crippen LogP contribution in [-0.2, 0) is 0 Å². The Morgan fingerprint density at radius 3 is 2.52 bits per heavy atom. The molecule has 1 heterocycles. The molecule has 3 aromatic rings. The summed E-state index contributed by atoms with van der Waals surface area (Å²) in [5.74, 6) is 1.87. The summed E-state index contributed by atoms with van der Waals surface area (Å²) in [6.45, 7) is 0. The van der Waals surface area contributed by atoms with Crippen LogP contribution in [0, 0.1) is 11.3 Å². The summed E-state index contributed by atoms with van der Waals surface area (Å²) in [7, 11) is 4.61. The first kappa shape index (κ1) is 18.0. The van der Waals surface area contributed by atoms with Gasteiger partial charge in [0, 0.05) is 0 Å². The Kier molecular flexibility index (Phi) is 5.08. The molecule has 2 aromatic carbocycles. The molecule has 7 nitrogen and oxygen atoms in total. The quantitative estimate of drug-likeness (QED) is 0.700. The Hall–Kier alpha value is -3.79. The highest BCUT2D eigenvalue weighted by molar-refractivity contribution is 5.89. The largest absolute Gasteiger partial charge is 0.497 e. The van der Waals surface area contributed by atoms with Crippen molar-refractivity contribution in [3.63, 3.8) is 0 Å². The van der Waals surface area contributed by atoms with E-state index in [4.69, 9.17) is 14.2 Å². The van der Waals surface area contributed by atoms with Gasteiger partial charge in [-0.2, -0.15) is 5.26 Å². The van der Waals surface area contributed by atoms with E-state index in [1.54, 1.807) is 49.6 Å². The molecule has 0 aliphatic heterocycles. The molecule has 0 amide bonds. The van der Waals surface area contributed by atoms with E-state index < -0.39 is 0 Å². The number of nitriles is 1. The minimum atomic E-state index is -0.345. The molecule has 0 saturated heterocycles. The summed E-state index contributed by atoms with van der Waals surface area (Å²) >= 11 is 0. The van der Waals surface area contributed by atoms with Crippen LogP contribution in [0.2, 0.25) is 0 Å². The fraction of sp³-hybridized carbons (Fsp3) is 0.150. The van der Waals surface area contributed by atoms with Crippen molar-refractivity contribution in [1.29, 1.82) is 5.26 Å². The highest BCUT2D eigenvalue weighted by atomic mass is 16.5. The van der Waals surface area contributed by atoms with Crippen molar-refractivity contribution in [3.8, 4) is 23.3 Å². The minimum Gasteiger partial charge on any atom is -0.497 e. The highest BCUT2D eigenvalue weighted by Gasteiger charge is 2.10. The third-order valence-electron chi connectivity index (χ3n) is 4.01. The van der Waals surface area contributed by atoms with Gasteiger partial charge >= 0.3 is 0 Å². The van der Waals surface area contributed by atoms with E-state index in [1.807, 2.05) is 0 Å².